The summed E-state index contributed by atoms with van der Waals surface area (Å²) in [6.45, 7) is 2.70. The van der Waals surface area contributed by atoms with Crippen LogP contribution in [0.2, 0.25) is 0 Å². The van der Waals surface area contributed by atoms with Gasteiger partial charge in [-0.15, -0.1) is 0 Å². The molecule has 0 fully saturated rings. The molecule has 1 aromatic heterocycles. The van der Waals surface area contributed by atoms with Crippen LogP contribution in [0.5, 0.6) is 5.75 Å². The molecule has 0 atom stereocenters. The van der Waals surface area contributed by atoms with Crippen LogP contribution in [0.3, 0.4) is 0 Å². The molecule has 0 spiro atoms. The fourth-order valence-corrected chi connectivity index (χ4v) is 1.99. The average molecular weight is 283 g/mol. The lowest BCUT2D eigenvalue weighted by Gasteiger charge is -2.08. The molecule has 1 aromatic carbocycles. The molecule has 2 aromatic rings. The first kappa shape index (κ1) is 14.8. The van der Waals surface area contributed by atoms with Gasteiger partial charge in [-0.2, -0.15) is 10.4 Å². The van der Waals surface area contributed by atoms with E-state index < -0.39 is 0 Å². The standard InChI is InChI=1S/C16H17N3O2/c1-3-9-21-14-6-4-5-12(10-14)15-11-13(7-8-17)16(20)19(2)18-15/h4-6,10-11H,3,7,9H2,1-2H3. The highest BCUT2D eigenvalue weighted by atomic mass is 16.5. The van der Waals surface area contributed by atoms with Gasteiger partial charge in [0.25, 0.3) is 5.56 Å². The zero-order valence-electron chi connectivity index (χ0n) is 12.2. The summed E-state index contributed by atoms with van der Waals surface area (Å²) in [6.07, 6.45) is 1.02. The maximum absolute atomic E-state index is 11.9. The molecule has 0 N–H and O–H groups in total. The van der Waals surface area contributed by atoms with Crippen molar-refractivity contribution in [3.8, 4) is 23.1 Å². The molecule has 5 heteroatoms. The number of hydrogen-bond acceptors (Lipinski definition) is 4. The Kier molecular flexibility index (Phi) is 4.72. The van der Waals surface area contributed by atoms with Gasteiger partial charge in [-0.25, -0.2) is 4.68 Å². The van der Waals surface area contributed by atoms with Crippen molar-refractivity contribution in [3.63, 3.8) is 0 Å². The van der Waals surface area contributed by atoms with Crippen LogP contribution in [0.4, 0.5) is 0 Å². The molecule has 0 amide bonds. The van der Waals surface area contributed by atoms with Crippen LogP contribution in [0.25, 0.3) is 11.3 Å². The highest BCUT2D eigenvalue weighted by molar-refractivity contribution is 5.61. The van der Waals surface area contributed by atoms with Crippen LogP contribution >= 0.6 is 0 Å². The van der Waals surface area contributed by atoms with Gasteiger partial charge in [-0.1, -0.05) is 19.1 Å². The smallest absolute Gasteiger partial charge is 0.270 e. The van der Waals surface area contributed by atoms with Crippen molar-refractivity contribution in [1.29, 1.82) is 5.26 Å². The van der Waals surface area contributed by atoms with Crippen molar-refractivity contribution >= 4 is 0 Å². The normalized spacial score (nSPS) is 10.1. The van der Waals surface area contributed by atoms with Crippen LogP contribution in [-0.4, -0.2) is 16.4 Å². The van der Waals surface area contributed by atoms with Crippen molar-refractivity contribution in [1.82, 2.24) is 9.78 Å². The summed E-state index contributed by atoms with van der Waals surface area (Å²) in [4.78, 5) is 11.9. The monoisotopic (exact) mass is 283 g/mol. The number of aryl methyl sites for hydroxylation is 1. The molecular formula is C16H17N3O2. The Morgan fingerprint density at radius 2 is 2.19 bits per heavy atom. The van der Waals surface area contributed by atoms with Gasteiger partial charge in [0, 0.05) is 18.2 Å². The lowest BCUT2D eigenvalue weighted by molar-refractivity contribution is 0.317. The van der Waals surface area contributed by atoms with Crippen LogP contribution in [0, 0.1) is 11.3 Å². The summed E-state index contributed by atoms with van der Waals surface area (Å²) in [5.74, 6) is 0.770. The Bertz CT molecular complexity index is 729. The van der Waals surface area contributed by atoms with Crippen LogP contribution in [0.15, 0.2) is 35.1 Å². The first-order chi connectivity index (χ1) is 10.2. The summed E-state index contributed by atoms with van der Waals surface area (Å²) in [7, 11) is 1.59. The maximum atomic E-state index is 11.9. The number of nitriles is 1. The zero-order valence-corrected chi connectivity index (χ0v) is 12.2. The molecular weight excluding hydrogens is 266 g/mol. The van der Waals surface area contributed by atoms with Gasteiger partial charge in [0.2, 0.25) is 0 Å². The van der Waals surface area contributed by atoms with Crippen LogP contribution in [0.1, 0.15) is 18.9 Å². The van der Waals surface area contributed by atoms with E-state index in [0.717, 1.165) is 17.7 Å². The Balaban J connectivity index is 2.42. The number of nitrogens with zero attached hydrogens (tertiary/aromatic N) is 3. The molecule has 0 aliphatic carbocycles. The van der Waals surface area contributed by atoms with Gasteiger partial charge in [0.1, 0.15) is 5.75 Å². The van der Waals surface area contributed by atoms with E-state index in [4.69, 9.17) is 10.00 Å². The minimum absolute atomic E-state index is 0.0776. The van der Waals surface area contributed by atoms with Crippen molar-refractivity contribution < 1.29 is 4.74 Å². The first-order valence-corrected chi connectivity index (χ1v) is 6.83. The summed E-state index contributed by atoms with van der Waals surface area (Å²) >= 11 is 0. The summed E-state index contributed by atoms with van der Waals surface area (Å²) in [6, 6.07) is 11.2. The molecule has 0 bridgehead atoms. The molecule has 1 heterocycles. The number of aromatic nitrogens is 2. The highest BCUT2D eigenvalue weighted by Crippen LogP contribution is 2.22. The minimum atomic E-state index is -0.237. The second-order valence-corrected chi connectivity index (χ2v) is 4.69. The molecule has 0 aliphatic heterocycles. The highest BCUT2D eigenvalue weighted by Gasteiger charge is 2.08. The van der Waals surface area contributed by atoms with Crippen molar-refractivity contribution in [2.24, 2.45) is 7.05 Å². The molecule has 0 radical (unpaired) electrons. The van der Waals surface area contributed by atoms with E-state index in [2.05, 4.69) is 5.10 Å². The molecule has 0 aliphatic rings. The van der Waals surface area contributed by atoms with E-state index >= 15 is 0 Å². The van der Waals surface area contributed by atoms with E-state index in [1.165, 1.54) is 4.68 Å². The van der Waals surface area contributed by atoms with Gasteiger partial charge in [-0.05, 0) is 24.6 Å². The van der Waals surface area contributed by atoms with Gasteiger partial charge < -0.3 is 4.74 Å². The lowest BCUT2D eigenvalue weighted by Crippen LogP contribution is -2.23. The number of benzene rings is 1. The van der Waals surface area contributed by atoms with E-state index in [1.54, 1.807) is 13.1 Å². The quantitative estimate of drug-likeness (QED) is 0.844. The Hall–Kier alpha value is -2.61. The predicted molar refractivity (Wildman–Crippen MR) is 80.0 cm³/mol. The number of rotatable bonds is 5. The molecule has 108 valence electrons. The number of ether oxygens (including phenoxy) is 1. The second-order valence-electron chi connectivity index (χ2n) is 4.69. The zero-order chi connectivity index (χ0) is 15.2. The van der Waals surface area contributed by atoms with E-state index in [9.17, 15) is 4.79 Å². The van der Waals surface area contributed by atoms with Crippen LogP contribution in [-0.2, 0) is 13.5 Å². The van der Waals surface area contributed by atoms with Crippen LogP contribution < -0.4 is 10.3 Å². The molecule has 2 rings (SSSR count). The Morgan fingerprint density at radius 1 is 1.38 bits per heavy atom. The predicted octanol–water partition coefficient (Wildman–Crippen LogP) is 2.30. The van der Waals surface area contributed by atoms with E-state index in [1.807, 2.05) is 37.3 Å². The number of hydrogen-bond donors (Lipinski definition) is 0. The average Bonchev–Trinajstić information content (AvgIpc) is 2.50. The topological polar surface area (TPSA) is 67.9 Å². The third-order valence-electron chi connectivity index (χ3n) is 3.01. The minimum Gasteiger partial charge on any atom is -0.494 e. The fourth-order valence-electron chi connectivity index (χ4n) is 1.99. The maximum Gasteiger partial charge on any atom is 0.270 e. The first-order valence-electron chi connectivity index (χ1n) is 6.83. The SMILES string of the molecule is CCCOc1cccc(-c2cc(CC#N)c(=O)n(C)n2)c1. The second kappa shape index (κ2) is 6.71. The molecule has 0 saturated carbocycles. The largest absolute Gasteiger partial charge is 0.494 e. The summed E-state index contributed by atoms with van der Waals surface area (Å²) in [5.41, 5.74) is 1.73. The molecule has 21 heavy (non-hydrogen) atoms. The van der Waals surface area contributed by atoms with Gasteiger partial charge in [0.15, 0.2) is 0 Å². The fraction of sp³-hybridized carbons (Fsp3) is 0.312. The lowest BCUT2D eigenvalue weighted by atomic mass is 10.1. The summed E-state index contributed by atoms with van der Waals surface area (Å²) in [5, 5.41) is 13.0. The Morgan fingerprint density at radius 3 is 2.90 bits per heavy atom. The molecule has 0 unspecified atom stereocenters. The summed E-state index contributed by atoms with van der Waals surface area (Å²) < 4.78 is 6.87. The van der Waals surface area contributed by atoms with Crippen molar-refractivity contribution in [2.45, 2.75) is 19.8 Å². The van der Waals surface area contributed by atoms with Crippen molar-refractivity contribution in [2.75, 3.05) is 6.61 Å². The third kappa shape index (κ3) is 3.48. The Labute approximate surface area is 123 Å². The van der Waals surface area contributed by atoms with Gasteiger partial charge in [0.05, 0.1) is 24.8 Å². The van der Waals surface area contributed by atoms with Crippen molar-refractivity contribution in [3.05, 3.63) is 46.2 Å². The van der Waals surface area contributed by atoms with Gasteiger partial charge in [-0.3, -0.25) is 4.79 Å². The van der Waals surface area contributed by atoms with Gasteiger partial charge >= 0.3 is 0 Å². The molecule has 0 saturated heterocycles. The molecule has 5 nitrogen and oxygen atoms in total. The third-order valence-corrected chi connectivity index (χ3v) is 3.01. The van der Waals surface area contributed by atoms with E-state index in [-0.39, 0.29) is 12.0 Å². The van der Waals surface area contributed by atoms with E-state index in [0.29, 0.717) is 17.9 Å².